The van der Waals surface area contributed by atoms with Gasteiger partial charge in [-0.2, -0.15) is 4.98 Å². The molecule has 0 spiro atoms. The molecule has 0 saturated heterocycles. The fourth-order valence-electron chi connectivity index (χ4n) is 2.85. The van der Waals surface area contributed by atoms with Crippen LogP contribution in [-0.2, 0) is 23.2 Å². The van der Waals surface area contributed by atoms with Crippen LogP contribution in [0.3, 0.4) is 0 Å². The highest BCUT2D eigenvalue weighted by molar-refractivity contribution is 5.76. The number of benzene rings is 1. The predicted octanol–water partition coefficient (Wildman–Crippen LogP) is 4.02. The lowest BCUT2D eigenvalue weighted by atomic mass is 9.87. The maximum Gasteiger partial charge on any atom is 0.227 e. The Morgan fingerprint density at radius 3 is 2.54 bits per heavy atom. The first-order valence-electron chi connectivity index (χ1n) is 9.39. The fourth-order valence-corrected chi connectivity index (χ4v) is 2.85. The van der Waals surface area contributed by atoms with E-state index >= 15 is 0 Å². The van der Waals surface area contributed by atoms with E-state index in [0.717, 1.165) is 11.1 Å². The minimum atomic E-state index is 0.0426. The van der Waals surface area contributed by atoms with Gasteiger partial charge in [-0.1, -0.05) is 50.2 Å². The van der Waals surface area contributed by atoms with Gasteiger partial charge in [-0.15, -0.1) is 0 Å². The Labute approximate surface area is 165 Å². The number of hydrogen-bond acceptors (Lipinski definition) is 5. The zero-order valence-corrected chi connectivity index (χ0v) is 16.8. The van der Waals surface area contributed by atoms with Crippen LogP contribution in [0.25, 0.3) is 11.4 Å². The van der Waals surface area contributed by atoms with E-state index < -0.39 is 0 Å². The molecule has 0 unspecified atom stereocenters. The smallest absolute Gasteiger partial charge is 0.227 e. The van der Waals surface area contributed by atoms with E-state index in [1.165, 1.54) is 5.56 Å². The molecule has 0 bridgehead atoms. The van der Waals surface area contributed by atoms with Crippen LogP contribution in [0.5, 0.6) is 0 Å². The third-order valence-electron chi connectivity index (χ3n) is 4.61. The molecule has 0 atom stereocenters. The number of carbonyl (C=O) groups is 1. The fraction of sp³-hybridized carbons (Fsp3) is 0.364. The largest absolute Gasteiger partial charge is 0.341 e. The molecule has 3 aromatic rings. The summed E-state index contributed by atoms with van der Waals surface area (Å²) in [5.74, 6) is 0.985. The average molecular weight is 378 g/mol. The maximum absolute atomic E-state index is 12.4. The molecule has 2 heterocycles. The molecule has 28 heavy (non-hydrogen) atoms. The number of pyridine rings is 1. The standard InChI is InChI=1S/C22H26N4O2/c1-22(2,3)18-9-7-16(8-10-18)15-26(4)20(27)12-11-19-24-21(25-28-19)17-6-5-13-23-14-17/h5-10,13-14H,11-12,15H2,1-4H3. The Kier molecular flexibility index (Phi) is 5.87. The summed E-state index contributed by atoms with van der Waals surface area (Å²) in [6.45, 7) is 7.15. The maximum atomic E-state index is 12.4. The first kappa shape index (κ1) is 19.7. The van der Waals surface area contributed by atoms with E-state index in [1.54, 1.807) is 17.3 Å². The van der Waals surface area contributed by atoms with Gasteiger partial charge in [0.25, 0.3) is 0 Å². The van der Waals surface area contributed by atoms with Crippen LogP contribution in [0.4, 0.5) is 0 Å². The van der Waals surface area contributed by atoms with Gasteiger partial charge >= 0.3 is 0 Å². The van der Waals surface area contributed by atoms with Crippen molar-refractivity contribution in [1.29, 1.82) is 0 Å². The van der Waals surface area contributed by atoms with Crippen molar-refractivity contribution in [2.75, 3.05) is 7.05 Å². The summed E-state index contributed by atoms with van der Waals surface area (Å²) >= 11 is 0. The molecule has 0 fully saturated rings. The zero-order chi connectivity index (χ0) is 20.1. The number of amides is 1. The van der Waals surface area contributed by atoms with Crippen LogP contribution in [0, 0.1) is 0 Å². The summed E-state index contributed by atoms with van der Waals surface area (Å²) in [5, 5.41) is 3.95. The van der Waals surface area contributed by atoms with Crippen molar-refractivity contribution in [2.45, 2.75) is 45.6 Å². The van der Waals surface area contributed by atoms with Gasteiger partial charge in [-0.05, 0) is 28.7 Å². The topological polar surface area (TPSA) is 72.1 Å². The summed E-state index contributed by atoms with van der Waals surface area (Å²) in [6, 6.07) is 12.1. The summed E-state index contributed by atoms with van der Waals surface area (Å²) in [5.41, 5.74) is 3.31. The Bertz CT molecular complexity index is 912. The number of aromatic nitrogens is 3. The molecule has 0 aliphatic rings. The second-order valence-electron chi connectivity index (χ2n) is 7.95. The van der Waals surface area contributed by atoms with Crippen molar-refractivity contribution >= 4 is 5.91 Å². The molecule has 0 saturated carbocycles. The molecule has 0 aliphatic heterocycles. The Morgan fingerprint density at radius 1 is 1.14 bits per heavy atom. The van der Waals surface area contributed by atoms with Crippen LogP contribution < -0.4 is 0 Å². The highest BCUT2D eigenvalue weighted by Gasteiger charge is 2.15. The van der Waals surface area contributed by atoms with E-state index in [-0.39, 0.29) is 11.3 Å². The minimum Gasteiger partial charge on any atom is -0.341 e. The van der Waals surface area contributed by atoms with Crippen molar-refractivity contribution in [3.8, 4) is 11.4 Å². The van der Waals surface area contributed by atoms with Crippen molar-refractivity contribution in [2.24, 2.45) is 0 Å². The Balaban J connectivity index is 1.53. The molecule has 6 nitrogen and oxygen atoms in total. The number of nitrogens with zero attached hydrogens (tertiary/aromatic N) is 4. The molecule has 2 aromatic heterocycles. The van der Waals surface area contributed by atoms with E-state index in [4.69, 9.17) is 4.52 Å². The lowest BCUT2D eigenvalue weighted by molar-refractivity contribution is -0.130. The highest BCUT2D eigenvalue weighted by atomic mass is 16.5. The van der Waals surface area contributed by atoms with E-state index in [2.05, 4.69) is 60.2 Å². The van der Waals surface area contributed by atoms with Gasteiger partial charge in [0, 0.05) is 44.4 Å². The molecular formula is C22H26N4O2. The third kappa shape index (κ3) is 5.03. The van der Waals surface area contributed by atoms with Crippen molar-refractivity contribution in [3.05, 3.63) is 65.8 Å². The average Bonchev–Trinajstić information content (AvgIpc) is 3.15. The van der Waals surface area contributed by atoms with E-state index in [9.17, 15) is 4.79 Å². The highest BCUT2D eigenvalue weighted by Crippen LogP contribution is 2.22. The quantitative estimate of drug-likeness (QED) is 0.648. The van der Waals surface area contributed by atoms with Gasteiger partial charge in [0.15, 0.2) is 0 Å². The third-order valence-corrected chi connectivity index (χ3v) is 4.61. The van der Waals surface area contributed by atoms with Crippen LogP contribution in [-0.4, -0.2) is 33.0 Å². The number of carbonyl (C=O) groups excluding carboxylic acids is 1. The second kappa shape index (κ2) is 8.33. The molecule has 0 N–H and O–H groups in total. The van der Waals surface area contributed by atoms with Crippen LogP contribution in [0.15, 0.2) is 53.3 Å². The Hall–Kier alpha value is -3.02. The molecule has 0 radical (unpaired) electrons. The second-order valence-corrected chi connectivity index (χ2v) is 7.95. The van der Waals surface area contributed by atoms with E-state index in [0.29, 0.717) is 31.1 Å². The van der Waals surface area contributed by atoms with Gasteiger partial charge in [-0.25, -0.2) is 0 Å². The molecule has 146 valence electrons. The lowest BCUT2D eigenvalue weighted by Crippen LogP contribution is -2.26. The number of aryl methyl sites for hydroxylation is 1. The van der Waals surface area contributed by atoms with Crippen molar-refractivity contribution < 1.29 is 9.32 Å². The summed E-state index contributed by atoms with van der Waals surface area (Å²) in [4.78, 5) is 22.6. The summed E-state index contributed by atoms with van der Waals surface area (Å²) in [6.07, 6.45) is 4.11. The number of hydrogen-bond donors (Lipinski definition) is 0. The van der Waals surface area contributed by atoms with Crippen LogP contribution >= 0.6 is 0 Å². The Morgan fingerprint density at radius 2 is 1.89 bits per heavy atom. The molecule has 0 aliphatic carbocycles. The van der Waals surface area contributed by atoms with Crippen molar-refractivity contribution in [3.63, 3.8) is 0 Å². The van der Waals surface area contributed by atoms with Gasteiger partial charge < -0.3 is 9.42 Å². The van der Waals surface area contributed by atoms with Gasteiger partial charge in [-0.3, -0.25) is 9.78 Å². The number of rotatable bonds is 6. The molecule has 1 amide bonds. The van der Waals surface area contributed by atoms with Gasteiger partial charge in [0.1, 0.15) is 0 Å². The van der Waals surface area contributed by atoms with Crippen LogP contribution in [0.1, 0.15) is 44.2 Å². The zero-order valence-electron chi connectivity index (χ0n) is 16.8. The molecule has 1 aromatic carbocycles. The molecule has 6 heteroatoms. The first-order chi connectivity index (χ1) is 13.3. The lowest BCUT2D eigenvalue weighted by Gasteiger charge is -2.21. The SMILES string of the molecule is CN(Cc1ccc(C(C)(C)C)cc1)C(=O)CCc1nc(-c2cccnc2)no1. The minimum absolute atomic E-state index is 0.0426. The monoisotopic (exact) mass is 378 g/mol. The van der Waals surface area contributed by atoms with Crippen LogP contribution in [0.2, 0.25) is 0 Å². The van der Waals surface area contributed by atoms with Gasteiger partial charge in [0.2, 0.25) is 17.6 Å². The normalized spacial score (nSPS) is 11.4. The predicted molar refractivity (Wildman–Crippen MR) is 107 cm³/mol. The summed E-state index contributed by atoms with van der Waals surface area (Å²) < 4.78 is 5.25. The van der Waals surface area contributed by atoms with Gasteiger partial charge in [0.05, 0.1) is 0 Å². The molecule has 3 rings (SSSR count). The van der Waals surface area contributed by atoms with E-state index in [1.807, 2.05) is 19.2 Å². The first-order valence-corrected chi connectivity index (χ1v) is 9.39. The van der Waals surface area contributed by atoms with Crippen molar-refractivity contribution in [1.82, 2.24) is 20.0 Å². The summed E-state index contributed by atoms with van der Waals surface area (Å²) in [7, 11) is 1.81. The molecular weight excluding hydrogens is 352 g/mol.